The second kappa shape index (κ2) is 10.4. The second-order valence-corrected chi connectivity index (χ2v) is 8.75. The Morgan fingerprint density at radius 3 is 2.73 bits per heavy atom. The third-order valence-electron chi connectivity index (χ3n) is 5.83. The van der Waals surface area contributed by atoms with Gasteiger partial charge in [-0.2, -0.15) is 11.3 Å². The van der Waals surface area contributed by atoms with E-state index in [1.54, 1.807) is 17.5 Å². The fraction of sp³-hybridized carbons (Fsp3) is 0.364. The largest absolute Gasteiger partial charge is 0.351 e. The molecule has 1 atom stereocenters. The normalized spacial score (nSPS) is 15.4. The molecule has 9 nitrogen and oxygen atoms in total. The van der Waals surface area contributed by atoms with Gasteiger partial charge in [0.1, 0.15) is 0 Å². The summed E-state index contributed by atoms with van der Waals surface area (Å²) in [4.78, 5) is 23.2. The average Bonchev–Trinajstić information content (AvgIpc) is 3.50. The van der Waals surface area contributed by atoms with Crippen LogP contribution in [0.15, 0.2) is 47.7 Å². The van der Waals surface area contributed by atoms with E-state index in [2.05, 4.69) is 53.4 Å². The van der Waals surface area contributed by atoms with Gasteiger partial charge in [-0.05, 0) is 48.5 Å². The Balaban J connectivity index is 0.00000259. The molecule has 0 bridgehead atoms. The fourth-order valence-corrected chi connectivity index (χ4v) is 4.74. The molecule has 0 aliphatic carbocycles. The quantitative estimate of drug-likeness (QED) is 0.412. The number of halogens is 1. The molecule has 1 aliphatic heterocycles. The zero-order chi connectivity index (χ0) is 21.9. The first-order valence-corrected chi connectivity index (χ1v) is 11.7. The van der Waals surface area contributed by atoms with Crippen molar-refractivity contribution in [3.8, 4) is 11.4 Å². The number of likely N-dealkylation sites (N-methyl/N-ethyl adjacent to an activating group) is 1. The average molecular weight is 486 g/mol. The molecule has 4 aromatic rings. The third-order valence-corrected chi connectivity index (χ3v) is 6.54. The first kappa shape index (κ1) is 23.4. The van der Waals surface area contributed by atoms with Crippen LogP contribution in [0.4, 0.5) is 11.8 Å². The Bertz CT molecular complexity index is 1170. The minimum absolute atomic E-state index is 0. The minimum atomic E-state index is 0. The van der Waals surface area contributed by atoms with Gasteiger partial charge >= 0.3 is 0 Å². The van der Waals surface area contributed by atoms with Crippen LogP contribution >= 0.6 is 23.7 Å². The highest BCUT2D eigenvalue weighted by Crippen LogP contribution is 2.27. The van der Waals surface area contributed by atoms with E-state index in [0.29, 0.717) is 12.5 Å². The van der Waals surface area contributed by atoms with E-state index in [0.717, 1.165) is 55.5 Å². The van der Waals surface area contributed by atoms with Gasteiger partial charge in [0.2, 0.25) is 5.95 Å². The molecule has 1 fully saturated rings. The topological polar surface area (TPSA) is 100 Å². The lowest BCUT2D eigenvalue weighted by atomic mass is 10.1. The van der Waals surface area contributed by atoms with Gasteiger partial charge < -0.3 is 20.9 Å². The maximum Gasteiger partial charge on any atom is 0.223 e. The van der Waals surface area contributed by atoms with Crippen LogP contribution in [0.25, 0.3) is 17.0 Å². The van der Waals surface area contributed by atoms with E-state index >= 15 is 0 Å². The molecular weight excluding hydrogens is 458 g/mol. The number of imidazole rings is 1. The fourth-order valence-electron chi connectivity index (χ4n) is 4.03. The SMILES string of the molecule is CN1CCN(c2nccn3c(-c4ccnc(NC(CCN)c5ccsc5)n4)cnc23)CC1.Cl. The predicted octanol–water partition coefficient (Wildman–Crippen LogP) is 2.92. The molecule has 11 heteroatoms. The highest BCUT2D eigenvalue weighted by atomic mass is 35.5. The van der Waals surface area contributed by atoms with Crippen molar-refractivity contribution in [1.29, 1.82) is 0 Å². The molecule has 1 saturated heterocycles. The summed E-state index contributed by atoms with van der Waals surface area (Å²) in [5.74, 6) is 1.50. The lowest BCUT2D eigenvalue weighted by molar-refractivity contribution is 0.312. The van der Waals surface area contributed by atoms with Crippen LogP contribution < -0.4 is 16.0 Å². The highest BCUT2D eigenvalue weighted by molar-refractivity contribution is 7.08. The van der Waals surface area contributed by atoms with Crippen molar-refractivity contribution in [2.45, 2.75) is 12.5 Å². The summed E-state index contributed by atoms with van der Waals surface area (Å²) in [5.41, 5.74) is 9.61. The van der Waals surface area contributed by atoms with E-state index in [4.69, 9.17) is 15.7 Å². The molecular formula is C22H28ClN9S. The summed E-state index contributed by atoms with van der Waals surface area (Å²) in [6, 6.07) is 4.10. The Morgan fingerprint density at radius 2 is 1.97 bits per heavy atom. The monoisotopic (exact) mass is 485 g/mol. The Labute approximate surface area is 203 Å². The van der Waals surface area contributed by atoms with Crippen LogP contribution in [0.2, 0.25) is 0 Å². The van der Waals surface area contributed by atoms with Crippen molar-refractivity contribution >= 4 is 41.2 Å². The van der Waals surface area contributed by atoms with Crippen molar-refractivity contribution in [2.75, 3.05) is 50.0 Å². The summed E-state index contributed by atoms with van der Waals surface area (Å²) in [6.07, 6.45) is 8.22. The number of rotatable bonds is 7. The van der Waals surface area contributed by atoms with E-state index in [1.165, 1.54) is 5.56 Å². The van der Waals surface area contributed by atoms with Gasteiger partial charge in [-0.1, -0.05) is 0 Å². The van der Waals surface area contributed by atoms with Crippen LogP contribution in [0.3, 0.4) is 0 Å². The van der Waals surface area contributed by atoms with Gasteiger partial charge in [0.05, 0.1) is 23.6 Å². The number of fused-ring (bicyclic) bond motifs is 1. The summed E-state index contributed by atoms with van der Waals surface area (Å²) < 4.78 is 2.06. The number of nitrogens with two attached hydrogens (primary N) is 1. The van der Waals surface area contributed by atoms with Gasteiger partial charge in [-0.25, -0.2) is 19.9 Å². The Hall–Kier alpha value is -2.79. The van der Waals surface area contributed by atoms with Gasteiger partial charge in [-0.15, -0.1) is 12.4 Å². The van der Waals surface area contributed by atoms with Crippen LogP contribution in [0.5, 0.6) is 0 Å². The van der Waals surface area contributed by atoms with Gasteiger partial charge in [0, 0.05) is 44.8 Å². The maximum atomic E-state index is 5.84. The van der Waals surface area contributed by atoms with Crippen LogP contribution in [0, 0.1) is 0 Å². The molecule has 3 N–H and O–H groups in total. The Kier molecular flexibility index (Phi) is 7.39. The van der Waals surface area contributed by atoms with Crippen molar-refractivity contribution < 1.29 is 0 Å². The smallest absolute Gasteiger partial charge is 0.223 e. The van der Waals surface area contributed by atoms with E-state index in [-0.39, 0.29) is 18.4 Å². The molecule has 5 rings (SSSR count). The molecule has 0 spiro atoms. The summed E-state index contributed by atoms with van der Waals surface area (Å²) in [6.45, 7) is 4.51. The molecule has 0 amide bonds. The maximum absolute atomic E-state index is 5.84. The lowest BCUT2D eigenvalue weighted by Crippen LogP contribution is -2.45. The van der Waals surface area contributed by atoms with E-state index in [1.807, 2.05) is 24.7 Å². The number of nitrogens with zero attached hydrogens (tertiary/aromatic N) is 7. The second-order valence-electron chi connectivity index (χ2n) is 7.97. The summed E-state index contributed by atoms with van der Waals surface area (Å²) in [5, 5.41) is 7.65. The van der Waals surface area contributed by atoms with Gasteiger partial charge in [-0.3, -0.25) is 4.40 Å². The van der Waals surface area contributed by atoms with Crippen molar-refractivity contribution in [3.63, 3.8) is 0 Å². The van der Waals surface area contributed by atoms with Crippen LogP contribution in [0.1, 0.15) is 18.0 Å². The summed E-state index contributed by atoms with van der Waals surface area (Å²) >= 11 is 1.67. The molecule has 5 heterocycles. The molecule has 174 valence electrons. The minimum Gasteiger partial charge on any atom is -0.351 e. The summed E-state index contributed by atoms with van der Waals surface area (Å²) in [7, 11) is 2.15. The number of piperazine rings is 1. The number of nitrogens with one attached hydrogen (secondary N) is 1. The third kappa shape index (κ3) is 4.93. The van der Waals surface area contributed by atoms with Crippen molar-refractivity contribution in [1.82, 2.24) is 29.2 Å². The standard InChI is InChI=1S/C22H27N9S.ClH/c1-29-9-11-30(12-10-29)20-21-26-14-19(31(21)8-7-24-20)18-3-6-25-22(28-18)27-17(2-5-23)16-4-13-32-15-16;/h3-4,6-8,13-15,17H,2,5,9-12,23H2,1H3,(H,25,27,28);1H. The molecule has 0 saturated carbocycles. The predicted molar refractivity (Wildman–Crippen MR) is 135 cm³/mol. The molecule has 4 aromatic heterocycles. The van der Waals surface area contributed by atoms with Crippen molar-refractivity contribution in [3.05, 3.63) is 53.2 Å². The lowest BCUT2D eigenvalue weighted by Gasteiger charge is -2.33. The van der Waals surface area contributed by atoms with Crippen molar-refractivity contribution in [2.24, 2.45) is 5.73 Å². The van der Waals surface area contributed by atoms with E-state index in [9.17, 15) is 0 Å². The molecule has 0 aromatic carbocycles. The number of aromatic nitrogens is 5. The van der Waals surface area contributed by atoms with Crippen LogP contribution in [-0.4, -0.2) is 69.0 Å². The number of thiophene rings is 1. The molecule has 1 aliphatic rings. The highest BCUT2D eigenvalue weighted by Gasteiger charge is 2.20. The van der Waals surface area contributed by atoms with Gasteiger partial charge in [0.15, 0.2) is 11.5 Å². The zero-order valence-corrected chi connectivity index (χ0v) is 20.1. The van der Waals surface area contributed by atoms with Gasteiger partial charge in [0.25, 0.3) is 0 Å². The van der Waals surface area contributed by atoms with E-state index < -0.39 is 0 Å². The molecule has 1 unspecified atom stereocenters. The Morgan fingerprint density at radius 1 is 1.12 bits per heavy atom. The first-order chi connectivity index (χ1) is 15.7. The van der Waals surface area contributed by atoms with Crippen LogP contribution in [-0.2, 0) is 0 Å². The zero-order valence-electron chi connectivity index (χ0n) is 18.5. The number of anilines is 2. The number of hydrogen-bond donors (Lipinski definition) is 2. The first-order valence-electron chi connectivity index (χ1n) is 10.8. The molecule has 0 radical (unpaired) electrons. The number of hydrogen-bond acceptors (Lipinski definition) is 9. The molecule has 33 heavy (non-hydrogen) atoms.